The van der Waals surface area contributed by atoms with E-state index in [0.29, 0.717) is 6.42 Å². The molecule has 0 heterocycles. The zero-order chi connectivity index (χ0) is 12.4. The van der Waals surface area contributed by atoms with Gasteiger partial charge in [0.05, 0.1) is 14.1 Å². The molecular weight excluding hydrogens is 206 g/mol. The van der Waals surface area contributed by atoms with Crippen molar-refractivity contribution >= 4 is 0 Å². The van der Waals surface area contributed by atoms with Gasteiger partial charge in [-0.2, -0.15) is 0 Å². The number of hydrogen-bond donors (Lipinski definition) is 3. The van der Waals surface area contributed by atoms with Crippen LogP contribution in [-0.4, -0.2) is 52.0 Å². The summed E-state index contributed by atoms with van der Waals surface area (Å²) in [6.45, 7) is 1.98. The van der Waals surface area contributed by atoms with Crippen molar-refractivity contribution in [1.82, 2.24) is 0 Å². The molecule has 0 aromatic rings. The Bertz CT molecular complexity index is 226. The smallest absolute Gasteiger partial charge is 0.219 e. The van der Waals surface area contributed by atoms with E-state index in [2.05, 4.69) is 0 Å². The predicted molar refractivity (Wildman–Crippen MR) is 62.5 cm³/mol. The summed E-state index contributed by atoms with van der Waals surface area (Å²) in [5.74, 6) is -1.66. The highest BCUT2D eigenvalue weighted by molar-refractivity contribution is 4.96. The van der Waals surface area contributed by atoms with Crippen LogP contribution in [0.2, 0.25) is 0 Å². The van der Waals surface area contributed by atoms with Gasteiger partial charge in [0, 0.05) is 19.3 Å². The third kappa shape index (κ3) is 1.99. The third-order valence-electron chi connectivity index (χ3n) is 4.29. The highest BCUT2D eigenvalue weighted by Crippen LogP contribution is 2.45. The first-order valence-corrected chi connectivity index (χ1v) is 6.22. The van der Waals surface area contributed by atoms with Crippen LogP contribution in [0.25, 0.3) is 0 Å². The molecule has 0 radical (unpaired) electrons. The van der Waals surface area contributed by atoms with E-state index < -0.39 is 11.3 Å². The minimum atomic E-state index is -1.66. The maximum absolute atomic E-state index is 10.3. The molecule has 0 aliphatic heterocycles. The van der Waals surface area contributed by atoms with E-state index in [4.69, 9.17) is 0 Å². The van der Waals surface area contributed by atoms with E-state index in [9.17, 15) is 15.3 Å². The molecule has 4 heteroatoms. The topological polar surface area (TPSA) is 60.7 Å². The van der Waals surface area contributed by atoms with Crippen LogP contribution in [-0.2, 0) is 0 Å². The van der Waals surface area contributed by atoms with Crippen molar-refractivity contribution in [3.05, 3.63) is 0 Å². The number of aliphatic hydroxyl groups is 3. The molecule has 0 amide bonds. The second kappa shape index (κ2) is 4.61. The van der Waals surface area contributed by atoms with Crippen molar-refractivity contribution in [2.45, 2.75) is 56.8 Å². The number of quaternary nitrogens is 1. The molecular formula is C12H26NO3+. The molecule has 96 valence electrons. The van der Waals surface area contributed by atoms with Gasteiger partial charge in [-0.25, -0.2) is 0 Å². The summed E-state index contributed by atoms with van der Waals surface area (Å²) in [5, 5.41) is 30.1. The van der Waals surface area contributed by atoms with E-state index in [1.807, 2.05) is 21.0 Å². The quantitative estimate of drug-likeness (QED) is 0.496. The lowest BCUT2D eigenvalue weighted by atomic mass is 9.71. The molecule has 16 heavy (non-hydrogen) atoms. The van der Waals surface area contributed by atoms with Crippen molar-refractivity contribution in [3.63, 3.8) is 0 Å². The molecule has 1 atom stereocenters. The molecule has 1 saturated carbocycles. The van der Waals surface area contributed by atoms with Crippen molar-refractivity contribution in [1.29, 1.82) is 0 Å². The molecule has 1 aliphatic carbocycles. The molecule has 1 fully saturated rings. The minimum absolute atomic E-state index is 0.0666. The maximum Gasteiger partial charge on any atom is 0.219 e. The van der Waals surface area contributed by atoms with Gasteiger partial charge in [0.2, 0.25) is 5.79 Å². The lowest BCUT2D eigenvalue weighted by Gasteiger charge is -2.55. The summed E-state index contributed by atoms with van der Waals surface area (Å²) in [5.41, 5.74) is -0.630. The number of nitrogens with zero attached hydrogens (tertiary/aromatic N) is 1. The maximum atomic E-state index is 10.3. The van der Waals surface area contributed by atoms with Gasteiger partial charge >= 0.3 is 0 Å². The molecule has 1 unspecified atom stereocenters. The number of rotatable bonds is 4. The largest absolute Gasteiger partial charge is 0.361 e. The Hall–Kier alpha value is -0.160. The summed E-state index contributed by atoms with van der Waals surface area (Å²) < 4.78 is 0.258. The fourth-order valence-electron chi connectivity index (χ4n) is 3.19. The van der Waals surface area contributed by atoms with Gasteiger partial charge in [-0.3, -0.25) is 4.48 Å². The van der Waals surface area contributed by atoms with Gasteiger partial charge < -0.3 is 15.3 Å². The van der Waals surface area contributed by atoms with Gasteiger partial charge in [0.1, 0.15) is 0 Å². The molecule has 3 N–H and O–H groups in total. The zero-order valence-electron chi connectivity index (χ0n) is 10.7. The average molecular weight is 232 g/mol. The molecule has 0 bridgehead atoms. The van der Waals surface area contributed by atoms with Crippen LogP contribution in [0.15, 0.2) is 0 Å². The standard InChI is InChI=1S/C12H26NO3/c1-4-7-11(13(2,3)10-14)8-5-6-9-12(11,15)16/h14-16H,4-10H2,1-3H3/q+1. The van der Waals surface area contributed by atoms with Crippen molar-refractivity contribution in [2.75, 3.05) is 20.8 Å². The molecule has 1 rings (SSSR count). The minimum Gasteiger partial charge on any atom is -0.361 e. The Morgan fingerprint density at radius 3 is 2.12 bits per heavy atom. The van der Waals surface area contributed by atoms with Crippen molar-refractivity contribution < 1.29 is 19.8 Å². The van der Waals surface area contributed by atoms with Gasteiger partial charge in [0.15, 0.2) is 12.3 Å². The van der Waals surface area contributed by atoms with Crippen LogP contribution >= 0.6 is 0 Å². The number of aliphatic hydroxyl groups excluding tert-OH is 1. The van der Waals surface area contributed by atoms with Gasteiger partial charge in [-0.05, 0) is 12.8 Å². The molecule has 1 aliphatic rings. The summed E-state index contributed by atoms with van der Waals surface area (Å²) in [6.07, 6.45) is 4.66. The van der Waals surface area contributed by atoms with E-state index in [1.165, 1.54) is 0 Å². The summed E-state index contributed by atoms with van der Waals surface area (Å²) in [7, 11) is 3.75. The normalized spacial score (nSPS) is 30.4. The predicted octanol–water partition coefficient (Wildman–Crippen LogP) is 0.806. The summed E-state index contributed by atoms with van der Waals surface area (Å²) in [6, 6.07) is 0. The van der Waals surface area contributed by atoms with Crippen LogP contribution in [0.3, 0.4) is 0 Å². The zero-order valence-corrected chi connectivity index (χ0v) is 10.7. The monoisotopic (exact) mass is 232 g/mol. The Kier molecular flexibility index (Phi) is 4.00. The molecule has 4 nitrogen and oxygen atoms in total. The van der Waals surface area contributed by atoms with E-state index in [0.717, 1.165) is 32.1 Å². The van der Waals surface area contributed by atoms with Crippen LogP contribution in [0, 0.1) is 0 Å². The second-order valence-corrected chi connectivity index (χ2v) is 5.63. The molecule has 0 aromatic carbocycles. The Morgan fingerprint density at radius 2 is 1.69 bits per heavy atom. The highest BCUT2D eigenvalue weighted by atomic mass is 16.5. The van der Waals surface area contributed by atoms with Crippen molar-refractivity contribution in [2.24, 2.45) is 0 Å². The Morgan fingerprint density at radius 1 is 1.12 bits per heavy atom. The van der Waals surface area contributed by atoms with E-state index in [-0.39, 0.29) is 11.2 Å². The van der Waals surface area contributed by atoms with Gasteiger partial charge in [-0.1, -0.05) is 13.3 Å². The Labute approximate surface area is 98.1 Å². The van der Waals surface area contributed by atoms with Crippen LogP contribution in [0.4, 0.5) is 0 Å². The SMILES string of the molecule is CCCC1([N+](C)(C)CO)CCCCC1(O)O. The molecule has 0 aromatic heterocycles. The van der Waals surface area contributed by atoms with E-state index in [1.54, 1.807) is 0 Å². The number of likely N-dealkylation sites (N-methyl/N-ethyl adjacent to an activating group) is 1. The molecule has 0 saturated heterocycles. The molecule has 0 spiro atoms. The first-order chi connectivity index (χ1) is 7.33. The Balaban J connectivity index is 3.12. The van der Waals surface area contributed by atoms with Crippen molar-refractivity contribution in [3.8, 4) is 0 Å². The van der Waals surface area contributed by atoms with Crippen LogP contribution in [0.1, 0.15) is 45.4 Å². The van der Waals surface area contributed by atoms with Crippen LogP contribution in [0.5, 0.6) is 0 Å². The fraction of sp³-hybridized carbons (Fsp3) is 1.00. The number of hydrogen-bond acceptors (Lipinski definition) is 3. The van der Waals surface area contributed by atoms with Gasteiger partial charge in [0.25, 0.3) is 0 Å². The average Bonchev–Trinajstić information content (AvgIpc) is 2.21. The summed E-state index contributed by atoms with van der Waals surface area (Å²) in [4.78, 5) is 0. The van der Waals surface area contributed by atoms with Gasteiger partial charge in [-0.15, -0.1) is 0 Å². The third-order valence-corrected chi connectivity index (χ3v) is 4.29. The van der Waals surface area contributed by atoms with E-state index >= 15 is 0 Å². The highest BCUT2D eigenvalue weighted by Gasteiger charge is 2.60. The first-order valence-electron chi connectivity index (χ1n) is 6.22. The fourth-order valence-corrected chi connectivity index (χ4v) is 3.19. The van der Waals surface area contributed by atoms with Crippen LogP contribution < -0.4 is 0 Å². The summed E-state index contributed by atoms with van der Waals surface area (Å²) >= 11 is 0. The first kappa shape index (κ1) is 13.9. The lowest BCUT2D eigenvalue weighted by Crippen LogP contribution is -2.72. The lowest BCUT2D eigenvalue weighted by molar-refractivity contribution is -0.972. The second-order valence-electron chi connectivity index (χ2n) is 5.63.